The SMILES string of the molecule is Cc1ccc(C(CC(=O)CCl)CC2OC(C)O2)cc1. The van der Waals surface area contributed by atoms with E-state index in [9.17, 15) is 4.79 Å². The minimum absolute atomic E-state index is 0.0552. The molecule has 19 heavy (non-hydrogen) atoms. The number of aryl methyl sites for hydroxylation is 1. The Morgan fingerprint density at radius 2 is 1.95 bits per heavy atom. The predicted octanol–water partition coefficient (Wildman–Crippen LogP) is 3.39. The van der Waals surface area contributed by atoms with Gasteiger partial charge in [-0.25, -0.2) is 0 Å². The summed E-state index contributed by atoms with van der Waals surface area (Å²) >= 11 is 5.60. The number of alkyl halides is 1. The first kappa shape index (κ1) is 14.5. The summed E-state index contributed by atoms with van der Waals surface area (Å²) in [6.07, 6.45) is 0.789. The Bertz CT molecular complexity index is 424. The minimum atomic E-state index is -0.204. The van der Waals surface area contributed by atoms with Crippen molar-refractivity contribution in [2.75, 3.05) is 5.88 Å². The first-order chi connectivity index (χ1) is 9.08. The molecule has 1 aliphatic heterocycles. The molecule has 3 nitrogen and oxygen atoms in total. The number of benzene rings is 1. The number of rotatable bonds is 6. The summed E-state index contributed by atoms with van der Waals surface area (Å²) in [6, 6.07) is 8.23. The second-order valence-corrected chi connectivity index (χ2v) is 5.26. The Kier molecular flexibility index (Phi) is 4.97. The molecule has 1 aromatic carbocycles. The number of halogens is 1. The number of carbonyl (C=O) groups excluding carboxylic acids is 1. The van der Waals surface area contributed by atoms with Crippen molar-refractivity contribution < 1.29 is 14.3 Å². The van der Waals surface area contributed by atoms with Crippen LogP contribution in [0.4, 0.5) is 0 Å². The third-order valence-electron chi connectivity index (χ3n) is 3.34. The highest BCUT2D eigenvalue weighted by molar-refractivity contribution is 6.27. The number of hydrogen-bond donors (Lipinski definition) is 0. The van der Waals surface area contributed by atoms with Gasteiger partial charge in [-0.1, -0.05) is 29.8 Å². The van der Waals surface area contributed by atoms with Gasteiger partial charge in [0.05, 0.1) is 5.88 Å². The number of carbonyl (C=O) groups is 1. The lowest BCUT2D eigenvalue weighted by atomic mass is 9.90. The summed E-state index contributed by atoms with van der Waals surface area (Å²) in [7, 11) is 0. The van der Waals surface area contributed by atoms with Crippen LogP contribution in [0.15, 0.2) is 24.3 Å². The van der Waals surface area contributed by atoms with Gasteiger partial charge in [0.15, 0.2) is 12.6 Å². The van der Waals surface area contributed by atoms with E-state index in [-0.39, 0.29) is 30.2 Å². The largest absolute Gasteiger partial charge is 0.324 e. The van der Waals surface area contributed by atoms with Gasteiger partial charge in [0.2, 0.25) is 0 Å². The molecule has 2 rings (SSSR count). The van der Waals surface area contributed by atoms with Gasteiger partial charge in [-0.2, -0.15) is 0 Å². The van der Waals surface area contributed by atoms with Crippen LogP contribution in [0, 0.1) is 6.92 Å². The molecule has 1 heterocycles. The fourth-order valence-corrected chi connectivity index (χ4v) is 2.40. The first-order valence-corrected chi connectivity index (χ1v) is 7.07. The van der Waals surface area contributed by atoms with Gasteiger partial charge in [0.1, 0.15) is 5.78 Å². The lowest BCUT2D eigenvalue weighted by molar-refractivity contribution is -0.378. The van der Waals surface area contributed by atoms with E-state index < -0.39 is 0 Å². The van der Waals surface area contributed by atoms with Crippen LogP contribution in [-0.4, -0.2) is 24.2 Å². The van der Waals surface area contributed by atoms with E-state index in [1.54, 1.807) is 0 Å². The van der Waals surface area contributed by atoms with E-state index in [0.717, 1.165) is 5.56 Å². The van der Waals surface area contributed by atoms with Gasteiger partial charge in [-0.05, 0) is 25.3 Å². The molecular weight excluding hydrogens is 264 g/mol. The Morgan fingerprint density at radius 3 is 2.47 bits per heavy atom. The normalized spacial score (nSPS) is 23.7. The molecule has 0 bridgehead atoms. The zero-order chi connectivity index (χ0) is 13.8. The fourth-order valence-electron chi connectivity index (χ4n) is 2.29. The van der Waals surface area contributed by atoms with Crippen molar-refractivity contribution in [2.45, 2.75) is 45.2 Å². The maximum atomic E-state index is 11.6. The number of ketones is 1. The summed E-state index contributed by atoms with van der Waals surface area (Å²) in [4.78, 5) is 11.6. The molecule has 104 valence electrons. The second-order valence-electron chi connectivity index (χ2n) is 4.99. The van der Waals surface area contributed by atoms with E-state index in [4.69, 9.17) is 21.1 Å². The van der Waals surface area contributed by atoms with Crippen LogP contribution in [0.2, 0.25) is 0 Å². The van der Waals surface area contributed by atoms with Crippen LogP contribution in [0.1, 0.15) is 36.8 Å². The lowest BCUT2D eigenvalue weighted by Crippen LogP contribution is -2.39. The molecule has 4 heteroatoms. The van der Waals surface area contributed by atoms with Crippen molar-refractivity contribution in [3.8, 4) is 0 Å². The summed E-state index contributed by atoms with van der Waals surface area (Å²) < 4.78 is 10.9. The zero-order valence-electron chi connectivity index (χ0n) is 11.3. The number of ether oxygens (including phenoxy) is 2. The quantitative estimate of drug-likeness (QED) is 0.750. The van der Waals surface area contributed by atoms with Gasteiger partial charge in [0.25, 0.3) is 0 Å². The zero-order valence-corrected chi connectivity index (χ0v) is 12.0. The van der Waals surface area contributed by atoms with Crippen LogP contribution >= 0.6 is 11.6 Å². The van der Waals surface area contributed by atoms with Crippen LogP contribution in [0.25, 0.3) is 0 Å². The van der Waals surface area contributed by atoms with Gasteiger partial charge in [0, 0.05) is 12.8 Å². The van der Waals surface area contributed by atoms with Crippen LogP contribution in [0.5, 0.6) is 0 Å². The highest BCUT2D eigenvalue weighted by Gasteiger charge is 2.30. The topological polar surface area (TPSA) is 35.5 Å². The van der Waals surface area contributed by atoms with Crippen LogP contribution in [0.3, 0.4) is 0 Å². The molecule has 1 aliphatic rings. The molecule has 1 fully saturated rings. The van der Waals surface area contributed by atoms with Crippen molar-refractivity contribution in [3.05, 3.63) is 35.4 Å². The maximum absolute atomic E-state index is 11.6. The van der Waals surface area contributed by atoms with Gasteiger partial charge >= 0.3 is 0 Å². The van der Waals surface area contributed by atoms with Crippen molar-refractivity contribution in [1.29, 1.82) is 0 Å². The van der Waals surface area contributed by atoms with Gasteiger partial charge in [-0.15, -0.1) is 11.6 Å². The van der Waals surface area contributed by atoms with Crippen molar-refractivity contribution in [1.82, 2.24) is 0 Å². The summed E-state index contributed by atoms with van der Waals surface area (Å²) in [5, 5.41) is 0. The number of Topliss-reactive ketones (excluding diaryl/α,β-unsaturated/α-hetero) is 1. The summed E-state index contributed by atoms with van der Waals surface area (Å²) in [5.74, 6) is 0.217. The highest BCUT2D eigenvalue weighted by atomic mass is 35.5. The Morgan fingerprint density at radius 1 is 1.32 bits per heavy atom. The van der Waals surface area contributed by atoms with E-state index in [1.807, 2.05) is 13.8 Å². The van der Waals surface area contributed by atoms with Gasteiger partial charge in [-0.3, -0.25) is 4.79 Å². The van der Waals surface area contributed by atoms with E-state index in [1.165, 1.54) is 5.56 Å². The molecule has 0 saturated carbocycles. The lowest BCUT2D eigenvalue weighted by Gasteiger charge is -2.36. The molecule has 0 N–H and O–H groups in total. The number of hydrogen-bond acceptors (Lipinski definition) is 3. The predicted molar refractivity (Wildman–Crippen MR) is 74.3 cm³/mol. The van der Waals surface area contributed by atoms with Crippen molar-refractivity contribution in [2.24, 2.45) is 0 Å². The molecule has 0 spiro atoms. The highest BCUT2D eigenvalue weighted by Crippen LogP contribution is 2.31. The molecule has 0 aromatic heterocycles. The molecule has 0 amide bonds. The van der Waals surface area contributed by atoms with Crippen LogP contribution in [-0.2, 0) is 14.3 Å². The molecule has 0 aliphatic carbocycles. The molecule has 1 unspecified atom stereocenters. The van der Waals surface area contributed by atoms with E-state index in [0.29, 0.717) is 12.8 Å². The molecule has 1 atom stereocenters. The molecular formula is C15H19ClO3. The average Bonchev–Trinajstić information content (AvgIpc) is 2.36. The van der Waals surface area contributed by atoms with Crippen molar-refractivity contribution >= 4 is 17.4 Å². The molecule has 1 saturated heterocycles. The molecule has 1 aromatic rings. The Hall–Kier alpha value is -0.900. The third-order valence-corrected chi connectivity index (χ3v) is 3.63. The van der Waals surface area contributed by atoms with Crippen molar-refractivity contribution in [3.63, 3.8) is 0 Å². The molecule has 0 radical (unpaired) electrons. The van der Waals surface area contributed by atoms with E-state index >= 15 is 0 Å². The standard InChI is InChI=1S/C15H19ClO3/c1-10-3-5-12(6-4-10)13(7-14(17)9-16)8-15-18-11(2)19-15/h3-6,11,13,15H,7-9H2,1-2H3. The smallest absolute Gasteiger partial charge is 0.164 e. The van der Waals surface area contributed by atoms with Crippen LogP contribution < -0.4 is 0 Å². The maximum Gasteiger partial charge on any atom is 0.164 e. The van der Waals surface area contributed by atoms with E-state index in [2.05, 4.69) is 24.3 Å². The average molecular weight is 283 g/mol. The first-order valence-electron chi connectivity index (χ1n) is 6.53. The van der Waals surface area contributed by atoms with Gasteiger partial charge < -0.3 is 9.47 Å². The fraction of sp³-hybridized carbons (Fsp3) is 0.533. The summed E-state index contributed by atoms with van der Waals surface area (Å²) in [5.41, 5.74) is 2.34. The summed E-state index contributed by atoms with van der Waals surface area (Å²) in [6.45, 7) is 3.91. The third kappa shape index (κ3) is 4.03. The Balaban J connectivity index is 2.04. The Labute approximate surface area is 118 Å². The second kappa shape index (κ2) is 6.51. The minimum Gasteiger partial charge on any atom is -0.324 e. The monoisotopic (exact) mass is 282 g/mol.